The second-order valence-electron chi connectivity index (χ2n) is 3.88. The molecule has 0 amide bonds. The molecule has 0 saturated heterocycles. The van der Waals surface area contributed by atoms with Gasteiger partial charge in [0.2, 0.25) is 0 Å². The summed E-state index contributed by atoms with van der Waals surface area (Å²) in [5.41, 5.74) is 1.72. The fraction of sp³-hybridized carbons (Fsp3) is 0. The van der Waals surface area contributed by atoms with Crippen LogP contribution < -0.4 is 0 Å². The molecule has 0 aliphatic heterocycles. The molecular weight excluding hydrogens is 360 g/mol. The summed E-state index contributed by atoms with van der Waals surface area (Å²) in [5, 5.41) is 10.6. The minimum absolute atomic E-state index is 0.198. The lowest BCUT2D eigenvalue weighted by Crippen LogP contribution is -1.73. The first-order chi connectivity index (χ1) is 8.68. The van der Waals surface area contributed by atoms with Crippen LogP contribution in [-0.2, 0) is 0 Å². The van der Waals surface area contributed by atoms with Crippen LogP contribution in [0.25, 0.3) is 22.3 Å². The first-order valence-corrected chi connectivity index (χ1v) is 6.92. The zero-order valence-electron chi connectivity index (χ0n) is 9.15. The van der Waals surface area contributed by atoms with Gasteiger partial charge in [0.25, 0.3) is 0 Å². The number of furan rings is 1. The van der Waals surface area contributed by atoms with Gasteiger partial charge < -0.3 is 9.52 Å². The molecule has 18 heavy (non-hydrogen) atoms. The lowest BCUT2D eigenvalue weighted by atomic mass is 10.1. The summed E-state index contributed by atoms with van der Waals surface area (Å²) < 4.78 is 7.31. The van der Waals surface area contributed by atoms with E-state index in [1.54, 1.807) is 12.1 Å². The molecule has 0 fully saturated rings. The van der Waals surface area contributed by atoms with Crippen molar-refractivity contribution in [3.05, 3.63) is 51.4 Å². The smallest absolute Gasteiger partial charge is 0.149 e. The number of hydrogen-bond donors (Lipinski definition) is 1. The number of halogens is 2. The van der Waals surface area contributed by atoms with Gasteiger partial charge in [-0.05, 0) is 44.0 Å². The van der Waals surface area contributed by atoms with Gasteiger partial charge in [0.1, 0.15) is 17.1 Å². The van der Waals surface area contributed by atoms with Crippen LogP contribution in [0.15, 0.2) is 55.8 Å². The first kappa shape index (κ1) is 11.8. The molecule has 90 valence electrons. The topological polar surface area (TPSA) is 33.4 Å². The van der Waals surface area contributed by atoms with Crippen molar-refractivity contribution in [3.63, 3.8) is 0 Å². The van der Waals surface area contributed by atoms with E-state index in [1.807, 2.05) is 30.3 Å². The van der Waals surface area contributed by atoms with Gasteiger partial charge in [-0.25, -0.2) is 0 Å². The Hall–Kier alpha value is -1.26. The molecule has 0 aliphatic rings. The SMILES string of the molecule is Oc1ccc2oc(-c3ccccc3)c(Br)c2c1Br. The molecule has 0 unspecified atom stereocenters. The van der Waals surface area contributed by atoms with Crippen LogP contribution in [0.2, 0.25) is 0 Å². The monoisotopic (exact) mass is 366 g/mol. The average molecular weight is 368 g/mol. The molecule has 2 nitrogen and oxygen atoms in total. The van der Waals surface area contributed by atoms with Crippen molar-refractivity contribution in [1.29, 1.82) is 0 Å². The molecular formula is C14H8Br2O2. The van der Waals surface area contributed by atoms with E-state index < -0.39 is 0 Å². The van der Waals surface area contributed by atoms with Crippen LogP contribution in [0.4, 0.5) is 0 Å². The highest BCUT2D eigenvalue weighted by atomic mass is 79.9. The molecule has 0 bridgehead atoms. The molecule has 2 aromatic carbocycles. The van der Waals surface area contributed by atoms with E-state index in [-0.39, 0.29) is 5.75 Å². The van der Waals surface area contributed by atoms with Crippen LogP contribution >= 0.6 is 31.9 Å². The third-order valence-corrected chi connectivity index (χ3v) is 4.31. The van der Waals surface area contributed by atoms with Crippen molar-refractivity contribution in [2.45, 2.75) is 0 Å². The maximum Gasteiger partial charge on any atom is 0.149 e. The second kappa shape index (κ2) is 4.44. The van der Waals surface area contributed by atoms with Crippen molar-refractivity contribution < 1.29 is 9.52 Å². The number of fused-ring (bicyclic) bond motifs is 1. The molecule has 3 aromatic rings. The van der Waals surface area contributed by atoms with Crippen LogP contribution in [-0.4, -0.2) is 5.11 Å². The van der Waals surface area contributed by atoms with Gasteiger partial charge in [-0.15, -0.1) is 0 Å². The van der Waals surface area contributed by atoms with Gasteiger partial charge in [0.05, 0.1) is 14.3 Å². The lowest BCUT2D eigenvalue weighted by molar-refractivity contribution is 0.472. The van der Waals surface area contributed by atoms with Crippen LogP contribution in [0.3, 0.4) is 0 Å². The van der Waals surface area contributed by atoms with Crippen LogP contribution in [0.5, 0.6) is 5.75 Å². The molecule has 1 heterocycles. The number of benzene rings is 2. The van der Waals surface area contributed by atoms with E-state index in [9.17, 15) is 5.11 Å². The molecule has 0 radical (unpaired) electrons. The highest BCUT2D eigenvalue weighted by molar-refractivity contribution is 9.11. The molecule has 0 aliphatic carbocycles. The molecule has 3 rings (SSSR count). The lowest BCUT2D eigenvalue weighted by Gasteiger charge is -1.97. The summed E-state index contributed by atoms with van der Waals surface area (Å²) in [7, 11) is 0. The minimum Gasteiger partial charge on any atom is -0.507 e. The van der Waals surface area contributed by atoms with Gasteiger partial charge in [-0.1, -0.05) is 30.3 Å². The maximum atomic E-state index is 9.71. The number of hydrogen-bond acceptors (Lipinski definition) is 2. The molecule has 0 atom stereocenters. The molecule has 0 saturated carbocycles. The van der Waals surface area contributed by atoms with E-state index in [1.165, 1.54) is 0 Å². The predicted molar refractivity (Wildman–Crippen MR) is 78.7 cm³/mol. The maximum absolute atomic E-state index is 9.71. The second-order valence-corrected chi connectivity index (χ2v) is 5.47. The van der Waals surface area contributed by atoms with Gasteiger partial charge in [0.15, 0.2) is 0 Å². The molecule has 0 spiro atoms. The van der Waals surface area contributed by atoms with Gasteiger partial charge >= 0.3 is 0 Å². The molecule has 4 heteroatoms. The predicted octanol–water partition coefficient (Wildman–Crippen LogP) is 5.33. The Morgan fingerprint density at radius 2 is 1.61 bits per heavy atom. The summed E-state index contributed by atoms with van der Waals surface area (Å²) in [6.07, 6.45) is 0. The van der Waals surface area contributed by atoms with Gasteiger partial charge in [-0.2, -0.15) is 0 Å². The average Bonchev–Trinajstić information content (AvgIpc) is 2.73. The highest BCUT2D eigenvalue weighted by Crippen LogP contribution is 2.43. The summed E-state index contributed by atoms with van der Waals surface area (Å²) >= 11 is 6.92. The summed E-state index contributed by atoms with van der Waals surface area (Å²) in [5.74, 6) is 0.959. The third-order valence-electron chi connectivity index (χ3n) is 2.75. The Morgan fingerprint density at radius 3 is 2.33 bits per heavy atom. The Morgan fingerprint density at radius 1 is 0.889 bits per heavy atom. The van der Waals surface area contributed by atoms with Crippen molar-refractivity contribution in [2.24, 2.45) is 0 Å². The fourth-order valence-corrected chi connectivity index (χ4v) is 3.38. The Labute approximate surface area is 120 Å². The first-order valence-electron chi connectivity index (χ1n) is 5.33. The Balaban J connectivity index is 2.34. The van der Waals surface area contributed by atoms with Crippen molar-refractivity contribution in [2.75, 3.05) is 0 Å². The summed E-state index contributed by atoms with van der Waals surface area (Å²) in [4.78, 5) is 0. The Bertz CT molecular complexity index is 717. The third kappa shape index (κ3) is 1.76. The highest BCUT2D eigenvalue weighted by Gasteiger charge is 2.17. The van der Waals surface area contributed by atoms with Gasteiger partial charge in [0, 0.05) is 5.56 Å². The van der Waals surface area contributed by atoms with Crippen LogP contribution in [0.1, 0.15) is 0 Å². The summed E-state index contributed by atoms with van der Waals surface area (Å²) in [6, 6.07) is 13.2. The van der Waals surface area contributed by atoms with E-state index in [2.05, 4.69) is 31.9 Å². The van der Waals surface area contributed by atoms with E-state index in [4.69, 9.17) is 4.42 Å². The van der Waals surface area contributed by atoms with Crippen molar-refractivity contribution >= 4 is 42.8 Å². The molecule has 1 N–H and O–H groups in total. The molecule has 1 aromatic heterocycles. The van der Waals surface area contributed by atoms with E-state index >= 15 is 0 Å². The zero-order chi connectivity index (χ0) is 12.7. The van der Waals surface area contributed by atoms with Crippen LogP contribution in [0, 0.1) is 0 Å². The number of phenolic OH excluding ortho intramolecular Hbond substituents is 1. The van der Waals surface area contributed by atoms with Crippen molar-refractivity contribution in [3.8, 4) is 17.1 Å². The Kier molecular flexibility index (Phi) is 2.92. The number of phenols is 1. The zero-order valence-corrected chi connectivity index (χ0v) is 12.3. The van der Waals surface area contributed by atoms with E-state index in [0.717, 1.165) is 26.8 Å². The van der Waals surface area contributed by atoms with Crippen molar-refractivity contribution in [1.82, 2.24) is 0 Å². The quantitative estimate of drug-likeness (QED) is 0.630. The fourth-order valence-electron chi connectivity index (χ4n) is 1.88. The minimum atomic E-state index is 0.198. The number of rotatable bonds is 1. The normalized spacial score (nSPS) is 11.0. The van der Waals surface area contributed by atoms with Gasteiger partial charge in [-0.3, -0.25) is 0 Å². The number of aromatic hydroxyl groups is 1. The largest absolute Gasteiger partial charge is 0.507 e. The summed E-state index contributed by atoms with van der Waals surface area (Å²) in [6.45, 7) is 0. The standard InChI is InChI=1S/C14H8Br2O2/c15-12-9(17)6-7-10-11(12)13(16)14(18-10)8-4-2-1-3-5-8/h1-7,17H. The van der Waals surface area contributed by atoms with E-state index in [0.29, 0.717) is 4.47 Å².